The molecule has 0 saturated carbocycles. The highest BCUT2D eigenvalue weighted by Crippen LogP contribution is 2.30. The van der Waals surface area contributed by atoms with Crippen LogP contribution in [0.4, 0.5) is 0 Å². The van der Waals surface area contributed by atoms with Gasteiger partial charge >= 0.3 is 0 Å². The number of benzene rings is 4. The average molecular weight is 493 g/mol. The van der Waals surface area contributed by atoms with Crippen LogP contribution in [0.1, 0.15) is 28.4 Å². The molecule has 4 aromatic rings. The monoisotopic (exact) mass is 492 g/mol. The first kappa shape index (κ1) is 23.6. The maximum atomic E-state index is 12.7. The zero-order valence-electron chi connectivity index (χ0n) is 18.4. The molecule has 0 aliphatic heterocycles. The van der Waals surface area contributed by atoms with Crippen molar-refractivity contribution in [1.82, 2.24) is 5.43 Å². The van der Waals surface area contributed by atoms with Crippen molar-refractivity contribution in [2.24, 2.45) is 5.10 Å². The first-order valence-corrected chi connectivity index (χ1v) is 11.5. The van der Waals surface area contributed by atoms with Gasteiger partial charge in [-0.25, -0.2) is 5.43 Å². The molecule has 0 spiro atoms. The summed E-state index contributed by atoms with van der Waals surface area (Å²) in [5.41, 5.74) is 4.80. The van der Waals surface area contributed by atoms with Crippen LogP contribution in [0.5, 0.6) is 11.5 Å². The second kappa shape index (κ2) is 11.1. The number of amides is 1. The Labute approximate surface area is 207 Å². The first-order valence-electron chi connectivity index (χ1n) is 10.7. The van der Waals surface area contributed by atoms with E-state index in [1.807, 2.05) is 55.5 Å². The van der Waals surface area contributed by atoms with Crippen molar-refractivity contribution in [2.75, 3.05) is 6.61 Å². The van der Waals surface area contributed by atoms with Gasteiger partial charge in [-0.1, -0.05) is 65.7 Å². The highest BCUT2D eigenvalue weighted by molar-refractivity contribution is 6.42. The highest BCUT2D eigenvalue weighted by atomic mass is 35.5. The minimum Gasteiger partial charge on any atom is -0.490 e. The zero-order valence-corrected chi connectivity index (χ0v) is 19.9. The van der Waals surface area contributed by atoms with E-state index in [9.17, 15) is 4.79 Å². The van der Waals surface area contributed by atoms with Crippen LogP contribution in [0.2, 0.25) is 10.0 Å². The Morgan fingerprint density at radius 1 is 0.912 bits per heavy atom. The van der Waals surface area contributed by atoms with Gasteiger partial charge in [0, 0.05) is 5.56 Å². The lowest BCUT2D eigenvalue weighted by Crippen LogP contribution is -2.17. The second-order valence-electron chi connectivity index (χ2n) is 7.40. The molecular weight excluding hydrogens is 471 g/mol. The van der Waals surface area contributed by atoms with Crippen molar-refractivity contribution in [3.05, 3.63) is 106 Å². The minimum absolute atomic E-state index is 0.278. The van der Waals surface area contributed by atoms with Crippen molar-refractivity contribution in [1.29, 1.82) is 0 Å². The summed E-state index contributed by atoms with van der Waals surface area (Å²) in [7, 11) is 0. The van der Waals surface area contributed by atoms with E-state index >= 15 is 0 Å². The van der Waals surface area contributed by atoms with Gasteiger partial charge in [0.1, 0.15) is 6.61 Å². The normalized spacial score (nSPS) is 11.0. The van der Waals surface area contributed by atoms with E-state index < -0.39 is 0 Å². The number of ether oxygens (including phenoxy) is 2. The Bertz CT molecular complexity index is 1350. The van der Waals surface area contributed by atoms with Crippen molar-refractivity contribution >= 4 is 46.1 Å². The van der Waals surface area contributed by atoms with Gasteiger partial charge in [-0.3, -0.25) is 4.79 Å². The molecule has 0 saturated heterocycles. The molecule has 0 unspecified atom stereocenters. The van der Waals surface area contributed by atoms with Gasteiger partial charge in [-0.05, 0) is 65.2 Å². The van der Waals surface area contributed by atoms with Gasteiger partial charge in [0.2, 0.25) is 0 Å². The summed E-state index contributed by atoms with van der Waals surface area (Å²) in [5, 5.41) is 6.96. The third kappa shape index (κ3) is 5.68. The Morgan fingerprint density at radius 2 is 1.74 bits per heavy atom. The summed E-state index contributed by atoms with van der Waals surface area (Å²) in [5.74, 6) is 0.886. The summed E-state index contributed by atoms with van der Waals surface area (Å²) in [6.07, 6.45) is 1.56. The third-order valence-electron chi connectivity index (χ3n) is 5.06. The number of carbonyl (C=O) groups excluding carboxylic acids is 1. The number of hydrogen-bond acceptors (Lipinski definition) is 4. The van der Waals surface area contributed by atoms with Gasteiger partial charge in [-0.15, -0.1) is 0 Å². The van der Waals surface area contributed by atoms with Crippen LogP contribution in [0.15, 0.2) is 84.0 Å². The van der Waals surface area contributed by atoms with E-state index in [-0.39, 0.29) is 5.91 Å². The number of rotatable bonds is 8. The summed E-state index contributed by atoms with van der Waals surface area (Å²) >= 11 is 12.1. The van der Waals surface area contributed by atoms with Crippen LogP contribution in [0.3, 0.4) is 0 Å². The molecule has 1 N–H and O–H groups in total. The van der Waals surface area contributed by atoms with Crippen LogP contribution in [-0.2, 0) is 6.61 Å². The number of nitrogens with zero attached hydrogens (tertiary/aromatic N) is 1. The molecule has 172 valence electrons. The number of hydrogen-bond donors (Lipinski definition) is 1. The molecule has 0 atom stereocenters. The topological polar surface area (TPSA) is 59.9 Å². The molecule has 0 aliphatic carbocycles. The average Bonchev–Trinajstić information content (AvgIpc) is 2.85. The SMILES string of the molecule is CCOc1cc(/C=N\NC(=O)c2cccc3ccccc23)ccc1OCc1ccc(Cl)c(Cl)c1. The smallest absolute Gasteiger partial charge is 0.271 e. The Balaban J connectivity index is 1.45. The highest BCUT2D eigenvalue weighted by Gasteiger charge is 2.10. The fraction of sp³-hybridized carbons (Fsp3) is 0.111. The fourth-order valence-electron chi connectivity index (χ4n) is 3.43. The van der Waals surface area contributed by atoms with E-state index in [0.29, 0.717) is 40.3 Å². The Hall–Kier alpha value is -3.54. The van der Waals surface area contributed by atoms with E-state index in [4.69, 9.17) is 32.7 Å². The van der Waals surface area contributed by atoms with Crippen molar-refractivity contribution in [2.45, 2.75) is 13.5 Å². The molecule has 7 heteroatoms. The summed E-state index contributed by atoms with van der Waals surface area (Å²) < 4.78 is 11.7. The quantitative estimate of drug-likeness (QED) is 0.215. The summed E-state index contributed by atoms with van der Waals surface area (Å²) in [6, 6.07) is 24.1. The van der Waals surface area contributed by atoms with E-state index in [2.05, 4.69) is 10.5 Å². The van der Waals surface area contributed by atoms with Crippen LogP contribution < -0.4 is 14.9 Å². The van der Waals surface area contributed by atoms with Gasteiger partial charge in [0.25, 0.3) is 5.91 Å². The third-order valence-corrected chi connectivity index (χ3v) is 5.80. The Kier molecular flexibility index (Phi) is 7.68. The second-order valence-corrected chi connectivity index (χ2v) is 8.22. The predicted octanol–water partition coefficient (Wildman–Crippen LogP) is 6.89. The molecule has 0 fully saturated rings. The van der Waals surface area contributed by atoms with Gasteiger partial charge in [0.05, 0.1) is 22.9 Å². The number of nitrogens with one attached hydrogen (secondary N) is 1. The number of hydrazone groups is 1. The molecule has 0 radical (unpaired) electrons. The van der Waals surface area contributed by atoms with E-state index in [1.54, 1.807) is 36.5 Å². The molecule has 1 amide bonds. The molecule has 4 rings (SSSR count). The molecular formula is C27H22Cl2N2O3. The van der Waals surface area contributed by atoms with Crippen molar-refractivity contribution in [3.63, 3.8) is 0 Å². The molecule has 0 bridgehead atoms. The first-order chi connectivity index (χ1) is 16.5. The standard InChI is InChI=1S/C27H22Cl2N2O3/c1-2-33-26-15-18(11-13-25(26)34-17-19-10-12-23(28)24(29)14-19)16-30-31-27(32)22-9-5-7-20-6-3-4-8-21(20)22/h3-16H,2,17H2,1H3,(H,31,32)/b30-16-. The van der Waals surface area contributed by atoms with Crippen LogP contribution in [0.25, 0.3) is 10.8 Å². The number of carbonyl (C=O) groups is 1. The van der Waals surface area contributed by atoms with Gasteiger partial charge in [-0.2, -0.15) is 5.10 Å². The molecule has 0 aliphatic rings. The maximum Gasteiger partial charge on any atom is 0.271 e. The Morgan fingerprint density at radius 3 is 2.56 bits per heavy atom. The number of fused-ring (bicyclic) bond motifs is 1. The lowest BCUT2D eigenvalue weighted by atomic mass is 10.0. The molecule has 0 aromatic heterocycles. The maximum absolute atomic E-state index is 12.7. The van der Waals surface area contributed by atoms with Crippen LogP contribution in [0, 0.1) is 0 Å². The van der Waals surface area contributed by atoms with Crippen LogP contribution >= 0.6 is 23.2 Å². The summed E-state index contributed by atoms with van der Waals surface area (Å²) in [6.45, 7) is 2.68. The van der Waals surface area contributed by atoms with Crippen molar-refractivity contribution < 1.29 is 14.3 Å². The van der Waals surface area contributed by atoms with Gasteiger partial charge < -0.3 is 9.47 Å². The van der Waals surface area contributed by atoms with Crippen molar-refractivity contribution in [3.8, 4) is 11.5 Å². The minimum atomic E-state index is -0.278. The lowest BCUT2D eigenvalue weighted by Gasteiger charge is -2.13. The predicted molar refractivity (Wildman–Crippen MR) is 137 cm³/mol. The van der Waals surface area contributed by atoms with E-state index in [1.165, 1.54) is 0 Å². The van der Waals surface area contributed by atoms with Gasteiger partial charge in [0.15, 0.2) is 11.5 Å². The summed E-state index contributed by atoms with van der Waals surface area (Å²) in [4.78, 5) is 12.7. The zero-order chi connectivity index (χ0) is 23.9. The van der Waals surface area contributed by atoms with Crippen LogP contribution in [-0.4, -0.2) is 18.7 Å². The fourth-order valence-corrected chi connectivity index (χ4v) is 3.75. The molecule has 0 heterocycles. The lowest BCUT2D eigenvalue weighted by molar-refractivity contribution is 0.0957. The number of halogens is 2. The van der Waals surface area contributed by atoms with E-state index in [0.717, 1.165) is 21.9 Å². The molecule has 5 nitrogen and oxygen atoms in total. The largest absolute Gasteiger partial charge is 0.490 e. The molecule has 34 heavy (non-hydrogen) atoms. The molecule has 4 aromatic carbocycles.